The highest BCUT2D eigenvalue weighted by molar-refractivity contribution is 6.11. The van der Waals surface area contributed by atoms with E-state index in [0.717, 1.165) is 83.2 Å². The Balaban J connectivity index is 1.21. The summed E-state index contributed by atoms with van der Waals surface area (Å²) in [6.45, 7) is 0.112. The zero-order chi connectivity index (χ0) is 28.5. The van der Waals surface area contributed by atoms with Gasteiger partial charge < -0.3 is 18.5 Å². The van der Waals surface area contributed by atoms with Crippen LogP contribution < -0.4 is 9.47 Å². The van der Waals surface area contributed by atoms with E-state index in [0.29, 0.717) is 5.56 Å². The number of hydrogen-bond acceptors (Lipinski definition) is 4. The molecule has 0 N–H and O–H groups in total. The van der Waals surface area contributed by atoms with E-state index in [1.54, 1.807) is 0 Å². The summed E-state index contributed by atoms with van der Waals surface area (Å²) in [5.74, 6) is 1.52. The highest BCUT2D eigenvalue weighted by Gasteiger charge is 2.21. The van der Waals surface area contributed by atoms with Gasteiger partial charge in [-0.3, -0.25) is 0 Å². The normalized spacial score (nSPS) is 12.4. The van der Waals surface area contributed by atoms with Crippen LogP contribution in [-0.4, -0.2) is 11.4 Å². The molecule has 1 aliphatic heterocycles. The molecular weight excluding hydrogens is 532 g/mol. The van der Waals surface area contributed by atoms with Crippen molar-refractivity contribution in [1.29, 1.82) is 5.26 Å². The largest absolute Gasteiger partial charge is 0.457 e. The van der Waals surface area contributed by atoms with Gasteiger partial charge in [0.05, 0.1) is 22.7 Å². The summed E-state index contributed by atoms with van der Waals surface area (Å²) in [7, 11) is 0. The SMILES string of the molecule is N#Cc1ccc2c(c1)c1ccccc1n2-c1ccc2c(c1)OCOc1ccc(-c3cccc4c3oc3ccccc34)cc1-2. The molecule has 202 valence electrons. The summed E-state index contributed by atoms with van der Waals surface area (Å²) in [6, 6.07) is 43.4. The molecule has 0 radical (unpaired) electrons. The molecule has 0 fully saturated rings. The second-order valence-corrected chi connectivity index (χ2v) is 10.8. The quantitative estimate of drug-likeness (QED) is 0.213. The molecule has 0 saturated heterocycles. The van der Waals surface area contributed by atoms with Crippen LogP contribution in [0.2, 0.25) is 0 Å². The van der Waals surface area contributed by atoms with Gasteiger partial charge in [-0.2, -0.15) is 5.26 Å². The minimum absolute atomic E-state index is 0.112. The van der Waals surface area contributed by atoms with Crippen molar-refractivity contribution in [3.05, 3.63) is 127 Å². The van der Waals surface area contributed by atoms with Crippen molar-refractivity contribution in [1.82, 2.24) is 4.57 Å². The maximum atomic E-state index is 9.52. The molecule has 5 nitrogen and oxygen atoms in total. The van der Waals surface area contributed by atoms with Crippen LogP contribution in [0.3, 0.4) is 0 Å². The van der Waals surface area contributed by atoms with Crippen LogP contribution in [-0.2, 0) is 0 Å². The van der Waals surface area contributed by atoms with Crippen molar-refractivity contribution in [2.24, 2.45) is 0 Å². The van der Waals surface area contributed by atoms with Crippen LogP contribution >= 0.6 is 0 Å². The fraction of sp³-hybridized carbons (Fsp3) is 0.0263. The number of aromatic nitrogens is 1. The summed E-state index contributed by atoms with van der Waals surface area (Å²) in [5, 5.41) is 13.9. The molecule has 0 bridgehead atoms. The summed E-state index contributed by atoms with van der Waals surface area (Å²) in [6.07, 6.45) is 0. The highest BCUT2D eigenvalue weighted by Crippen LogP contribution is 2.44. The van der Waals surface area contributed by atoms with Gasteiger partial charge in [0.1, 0.15) is 22.7 Å². The van der Waals surface area contributed by atoms with Gasteiger partial charge in [-0.15, -0.1) is 0 Å². The van der Waals surface area contributed by atoms with Crippen LogP contribution in [0.25, 0.3) is 71.7 Å². The van der Waals surface area contributed by atoms with E-state index < -0.39 is 0 Å². The Bertz CT molecular complexity index is 2460. The third-order valence-electron chi connectivity index (χ3n) is 8.44. The van der Waals surface area contributed by atoms with Gasteiger partial charge >= 0.3 is 0 Å². The minimum Gasteiger partial charge on any atom is -0.457 e. The lowest BCUT2D eigenvalue weighted by Gasteiger charge is -2.13. The first-order valence-corrected chi connectivity index (χ1v) is 14.2. The Kier molecular flexibility index (Phi) is 4.96. The topological polar surface area (TPSA) is 60.3 Å². The lowest BCUT2D eigenvalue weighted by molar-refractivity contribution is 0.125. The predicted molar refractivity (Wildman–Crippen MR) is 170 cm³/mol. The lowest BCUT2D eigenvalue weighted by atomic mass is 9.96. The van der Waals surface area contributed by atoms with Crippen molar-refractivity contribution >= 4 is 43.7 Å². The minimum atomic E-state index is 0.112. The second-order valence-electron chi connectivity index (χ2n) is 10.8. The number of ether oxygens (including phenoxy) is 2. The molecule has 43 heavy (non-hydrogen) atoms. The van der Waals surface area contributed by atoms with Crippen molar-refractivity contribution in [2.45, 2.75) is 0 Å². The second kappa shape index (κ2) is 9.01. The molecule has 0 aliphatic carbocycles. The Labute approximate surface area is 246 Å². The molecular formula is C38H22N2O3. The van der Waals surface area contributed by atoms with Gasteiger partial charge in [-0.05, 0) is 60.2 Å². The molecule has 0 amide bonds. The molecule has 0 atom stereocenters. The highest BCUT2D eigenvalue weighted by atomic mass is 16.7. The molecule has 0 saturated carbocycles. The fourth-order valence-electron chi connectivity index (χ4n) is 6.48. The van der Waals surface area contributed by atoms with Gasteiger partial charge in [0.2, 0.25) is 6.79 Å². The van der Waals surface area contributed by atoms with E-state index in [2.05, 4.69) is 77.4 Å². The molecule has 6 aromatic carbocycles. The van der Waals surface area contributed by atoms with Crippen LogP contribution in [0.1, 0.15) is 5.56 Å². The smallest absolute Gasteiger partial charge is 0.230 e. The van der Waals surface area contributed by atoms with Gasteiger partial charge in [0.25, 0.3) is 0 Å². The number of nitriles is 1. The Morgan fingerprint density at radius 2 is 1.40 bits per heavy atom. The van der Waals surface area contributed by atoms with Crippen molar-refractivity contribution in [2.75, 3.05) is 6.79 Å². The van der Waals surface area contributed by atoms with Gasteiger partial charge in [-0.25, -0.2) is 0 Å². The van der Waals surface area contributed by atoms with E-state index in [1.165, 1.54) is 0 Å². The number of fused-ring (bicyclic) bond motifs is 9. The Morgan fingerprint density at radius 1 is 0.581 bits per heavy atom. The third-order valence-corrected chi connectivity index (χ3v) is 8.44. The molecule has 0 spiro atoms. The monoisotopic (exact) mass is 554 g/mol. The van der Waals surface area contributed by atoms with E-state index in [9.17, 15) is 5.26 Å². The number of rotatable bonds is 2. The first-order valence-electron chi connectivity index (χ1n) is 14.2. The number of nitrogens with zero attached hydrogens (tertiary/aromatic N) is 2. The first kappa shape index (κ1) is 23.7. The lowest BCUT2D eigenvalue weighted by Crippen LogP contribution is -2.04. The Hall–Kier alpha value is -5.99. The van der Waals surface area contributed by atoms with Crippen LogP contribution in [0.4, 0.5) is 0 Å². The summed E-state index contributed by atoms with van der Waals surface area (Å²) in [4.78, 5) is 0. The number of para-hydroxylation sites is 3. The summed E-state index contributed by atoms with van der Waals surface area (Å²) < 4.78 is 20.8. The molecule has 0 unspecified atom stereocenters. The maximum Gasteiger partial charge on any atom is 0.230 e. The number of benzene rings is 6. The van der Waals surface area contributed by atoms with E-state index in [1.807, 2.05) is 54.6 Å². The van der Waals surface area contributed by atoms with Gasteiger partial charge in [0.15, 0.2) is 0 Å². The zero-order valence-electron chi connectivity index (χ0n) is 22.9. The fourth-order valence-corrected chi connectivity index (χ4v) is 6.48. The predicted octanol–water partition coefficient (Wildman–Crippen LogP) is 9.62. The van der Waals surface area contributed by atoms with E-state index >= 15 is 0 Å². The van der Waals surface area contributed by atoms with Crippen LogP contribution in [0.15, 0.2) is 126 Å². The van der Waals surface area contributed by atoms with E-state index in [4.69, 9.17) is 13.9 Å². The standard InChI is InChI=1S/C38H22N2O3/c39-21-23-12-16-34-31(18-23)27-6-1-3-10-33(27)40(34)25-14-15-29-32-19-24(13-17-35(32)41-22-42-37(29)20-25)26-8-5-9-30-28-7-2-4-11-36(28)43-38(26)30/h1-20H,22H2. The molecule has 1 aliphatic rings. The molecule has 9 rings (SSSR count). The molecule has 5 heteroatoms. The Morgan fingerprint density at radius 3 is 2.33 bits per heavy atom. The summed E-state index contributed by atoms with van der Waals surface area (Å²) in [5.41, 5.74) is 9.46. The zero-order valence-corrected chi connectivity index (χ0v) is 22.9. The van der Waals surface area contributed by atoms with Gasteiger partial charge in [-0.1, -0.05) is 60.7 Å². The van der Waals surface area contributed by atoms with E-state index in [-0.39, 0.29) is 6.79 Å². The average molecular weight is 555 g/mol. The third kappa shape index (κ3) is 3.51. The molecule has 3 heterocycles. The van der Waals surface area contributed by atoms with Crippen molar-refractivity contribution in [3.8, 4) is 45.5 Å². The molecule has 8 aromatic rings. The number of furan rings is 1. The van der Waals surface area contributed by atoms with Crippen LogP contribution in [0, 0.1) is 11.3 Å². The first-order chi connectivity index (χ1) is 21.3. The number of hydrogen-bond donors (Lipinski definition) is 0. The van der Waals surface area contributed by atoms with Crippen molar-refractivity contribution in [3.63, 3.8) is 0 Å². The average Bonchev–Trinajstić information content (AvgIpc) is 3.54. The summed E-state index contributed by atoms with van der Waals surface area (Å²) >= 11 is 0. The van der Waals surface area contributed by atoms with Crippen LogP contribution in [0.5, 0.6) is 11.5 Å². The van der Waals surface area contributed by atoms with Crippen molar-refractivity contribution < 1.29 is 13.9 Å². The van der Waals surface area contributed by atoms with Gasteiger partial charge in [0, 0.05) is 50.0 Å². The maximum absolute atomic E-state index is 9.52. The molecule has 2 aromatic heterocycles.